The highest BCUT2D eigenvalue weighted by Crippen LogP contribution is 2.32. The van der Waals surface area contributed by atoms with E-state index in [4.69, 9.17) is 4.98 Å². The second-order valence-electron chi connectivity index (χ2n) is 8.83. The number of nitrogens with zero attached hydrogens (tertiary/aromatic N) is 2. The van der Waals surface area contributed by atoms with Gasteiger partial charge in [-0.15, -0.1) is 0 Å². The molecule has 136 valence electrons. The molecule has 2 aromatic carbocycles. The van der Waals surface area contributed by atoms with Crippen molar-refractivity contribution in [3.05, 3.63) is 58.8 Å². The van der Waals surface area contributed by atoms with Gasteiger partial charge in [0.1, 0.15) is 6.20 Å². The van der Waals surface area contributed by atoms with Gasteiger partial charge in [-0.2, -0.15) is 0 Å². The van der Waals surface area contributed by atoms with Gasteiger partial charge in [0.25, 0.3) is 0 Å². The average molecular weight is 348 g/mol. The van der Waals surface area contributed by atoms with Crippen LogP contribution in [0.4, 0.5) is 0 Å². The third kappa shape index (κ3) is 3.25. The minimum Gasteiger partial charge on any atom is -0.232 e. The maximum Gasteiger partial charge on any atom is 0.331 e. The van der Waals surface area contributed by atoms with Gasteiger partial charge in [-0.05, 0) is 59.0 Å². The van der Waals surface area contributed by atoms with Crippen LogP contribution in [0, 0.1) is 13.8 Å². The van der Waals surface area contributed by atoms with Crippen LogP contribution in [0.25, 0.3) is 22.3 Å². The van der Waals surface area contributed by atoms with Gasteiger partial charge >= 0.3 is 5.82 Å². The van der Waals surface area contributed by atoms with Crippen LogP contribution < -0.4 is 4.57 Å². The van der Waals surface area contributed by atoms with Gasteiger partial charge in [-0.3, -0.25) is 0 Å². The van der Waals surface area contributed by atoms with E-state index in [2.05, 4.69) is 96.6 Å². The van der Waals surface area contributed by atoms with E-state index in [1.54, 1.807) is 0 Å². The number of fused-ring (bicyclic) bond motifs is 1. The molecule has 0 radical (unpaired) electrons. The molecule has 3 aromatic rings. The molecule has 0 atom stereocenters. The predicted molar refractivity (Wildman–Crippen MR) is 111 cm³/mol. The van der Waals surface area contributed by atoms with Gasteiger partial charge in [0.05, 0.1) is 18.0 Å². The summed E-state index contributed by atoms with van der Waals surface area (Å²) < 4.78 is 2.17. The normalized spacial score (nSPS) is 12.2. The summed E-state index contributed by atoms with van der Waals surface area (Å²) in [6.07, 6.45) is 2.21. The smallest absolute Gasteiger partial charge is 0.232 e. The van der Waals surface area contributed by atoms with Crippen LogP contribution in [-0.2, 0) is 12.5 Å². The summed E-state index contributed by atoms with van der Waals surface area (Å²) in [5, 5.41) is 1.20. The number of aromatic nitrogens is 2. The lowest BCUT2D eigenvalue weighted by atomic mass is 9.83. The van der Waals surface area contributed by atoms with Gasteiger partial charge in [0.2, 0.25) is 0 Å². The Hall–Kier alpha value is -2.22. The first-order valence-electron chi connectivity index (χ1n) is 9.51. The summed E-state index contributed by atoms with van der Waals surface area (Å²) in [5.41, 5.74) is 7.77. The zero-order chi connectivity index (χ0) is 19.2. The molecule has 26 heavy (non-hydrogen) atoms. The average Bonchev–Trinajstić information content (AvgIpc) is 2.55. The number of benzene rings is 2. The molecular weight excluding hydrogens is 316 g/mol. The zero-order valence-corrected chi connectivity index (χ0v) is 17.4. The second-order valence-corrected chi connectivity index (χ2v) is 8.83. The molecule has 0 spiro atoms. The van der Waals surface area contributed by atoms with Gasteiger partial charge in [-0.1, -0.05) is 52.8 Å². The Morgan fingerprint density at radius 2 is 1.73 bits per heavy atom. The standard InChI is InChI=1S/C24H31N2/c1-15(2)20-11-9-10-18-14-26(8)23(25-22(18)20)21-13-19(24(5,6)7)12-16(3)17(21)4/h9-15H,1-8H3/q+1. The molecule has 0 N–H and O–H groups in total. The maximum absolute atomic E-state index is 5.15. The summed E-state index contributed by atoms with van der Waals surface area (Å²) >= 11 is 0. The molecule has 0 amide bonds. The Morgan fingerprint density at radius 3 is 2.35 bits per heavy atom. The summed E-state index contributed by atoms with van der Waals surface area (Å²) in [6, 6.07) is 11.1. The molecule has 0 saturated heterocycles. The molecule has 0 aliphatic heterocycles. The Bertz CT molecular complexity index is 976. The van der Waals surface area contributed by atoms with Crippen molar-refractivity contribution >= 4 is 10.9 Å². The molecule has 1 aromatic heterocycles. The van der Waals surface area contributed by atoms with E-state index in [1.165, 1.54) is 33.2 Å². The molecule has 0 aliphatic carbocycles. The van der Waals surface area contributed by atoms with Crippen LogP contribution in [0.15, 0.2) is 36.5 Å². The third-order valence-corrected chi connectivity index (χ3v) is 5.38. The monoisotopic (exact) mass is 347 g/mol. The van der Waals surface area contributed by atoms with Crippen molar-refractivity contribution < 1.29 is 4.57 Å². The van der Waals surface area contributed by atoms with E-state index in [0.717, 1.165) is 11.3 Å². The van der Waals surface area contributed by atoms with Crippen molar-refractivity contribution in [3.63, 3.8) is 0 Å². The third-order valence-electron chi connectivity index (χ3n) is 5.38. The minimum absolute atomic E-state index is 0.117. The molecule has 2 heteroatoms. The molecule has 1 heterocycles. The number of hydrogen-bond acceptors (Lipinski definition) is 1. The van der Waals surface area contributed by atoms with Gasteiger partial charge in [0, 0.05) is 5.56 Å². The van der Waals surface area contributed by atoms with Crippen molar-refractivity contribution in [2.75, 3.05) is 0 Å². The lowest BCUT2D eigenvalue weighted by Crippen LogP contribution is -2.32. The second kappa shape index (κ2) is 6.50. The van der Waals surface area contributed by atoms with E-state index < -0.39 is 0 Å². The van der Waals surface area contributed by atoms with Crippen molar-refractivity contribution in [1.82, 2.24) is 4.98 Å². The highest BCUT2D eigenvalue weighted by molar-refractivity contribution is 5.82. The van der Waals surface area contributed by atoms with Crippen LogP contribution in [0.2, 0.25) is 0 Å². The molecule has 0 fully saturated rings. The highest BCUT2D eigenvalue weighted by Gasteiger charge is 2.24. The summed E-state index contributed by atoms with van der Waals surface area (Å²) in [4.78, 5) is 5.15. The lowest BCUT2D eigenvalue weighted by molar-refractivity contribution is -0.661. The first kappa shape index (κ1) is 18.6. The van der Waals surface area contributed by atoms with Crippen molar-refractivity contribution in [2.45, 2.75) is 59.8 Å². The number of aryl methyl sites for hydroxylation is 2. The first-order valence-corrected chi connectivity index (χ1v) is 9.51. The molecular formula is C24H31N2+. The molecule has 0 bridgehead atoms. The van der Waals surface area contributed by atoms with E-state index in [1.807, 2.05) is 0 Å². The van der Waals surface area contributed by atoms with Gasteiger partial charge in [0.15, 0.2) is 5.52 Å². The van der Waals surface area contributed by atoms with Crippen LogP contribution >= 0.6 is 0 Å². The Balaban J connectivity index is 2.34. The topological polar surface area (TPSA) is 16.8 Å². The van der Waals surface area contributed by atoms with Crippen molar-refractivity contribution in [2.24, 2.45) is 7.05 Å². The Morgan fingerprint density at radius 1 is 1.04 bits per heavy atom. The van der Waals surface area contributed by atoms with Crippen molar-refractivity contribution in [1.29, 1.82) is 0 Å². The van der Waals surface area contributed by atoms with E-state index in [-0.39, 0.29) is 5.41 Å². The molecule has 2 nitrogen and oxygen atoms in total. The fraction of sp³-hybridized carbons (Fsp3) is 0.417. The predicted octanol–water partition coefficient (Wildman–Crippen LogP) is 5.76. The minimum atomic E-state index is 0.117. The van der Waals surface area contributed by atoms with Crippen LogP contribution in [0.5, 0.6) is 0 Å². The first-order chi connectivity index (χ1) is 12.1. The van der Waals surface area contributed by atoms with Gasteiger partial charge in [-0.25, -0.2) is 4.57 Å². The SMILES string of the molecule is Cc1cc(C(C)(C)C)cc(-c2nc3c(C(C)C)cccc3c[n+]2C)c1C. The van der Waals surface area contributed by atoms with Crippen molar-refractivity contribution in [3.8, 4) is 11.4 Å². The fourth-order valence-corrected chi connectivity index (χ4v) is 3.51. The summed E-state index contributed by atoms with van der Waals surface area (Å²) in [5.74, 6) is 1.49. The molecule has 0 saturated carbocycles. The Kier molecular flexibility index (Phi) is 4.64. The lowest BCUT2D eigenvalue weighted by Gasteiger charge is -2.21. The van der Waals surface area contributed by atoms with E-state index in [9.17, 15) is 0 Å². The van der Waals surface area contributed by atoms with E-state index in [0.29, 0.717) is 5.92 Å². The van der Waals surface area contributed by atoms with Gasteiger partial charge < -0.3 is 0 Å². The highest BCUT2D eigenvalue weighted by atomic mass is 15.0. The largest absolute Gasteiger partial charge is 0.331 e. The van der Waals surface area contributed by atoms with E-state index >= 15 is 0 Å². The fourth-order valence-electron chi connectivity index (χ4n) is 3.51. The number of rotatable bonds is 2. The van der Waals surface area contributed by atoms with Crippen LogP contribution in [0.1, 0.15) is 62.8 Å². The molecule has 0 aliphatic rings. The zero-order valence-electron chi connectivity index (χ0n) is 17.4. The Labute approximate surface area is 157 Å². The quantitative estimate of drug-likeness (QED) is 0.538. The maximum atomic E-state index is 5.15. The van der Waals surface area contributed by atoms with Crippen LogP contribution in [0.3, 0.4) is 0 Å². The number of para-hydroxylation sites is 1. The number of hydrogen-bond donors (Lipinski definition) is 0. The molecule has 0 unspecified atom stereocenters. The van der Waals surface area contributed by atoms with Crippen LogP contribution in [-0.4, -0.2) is 4.98 Å². The molecule has 3 rings (SSSR count). The summed E-state index contributed by atoms with van der Waals surface area (Å²) in [7, 11) is 2.10. The summed E-state index contributed by atoms with van der Waals surface area (Å²) in [6.45, 7) is 15.7.